The number of halogens is 1. The van der Waals surface area contributed by atoms with Crippen LogP contribution in [0.1, 0.15) is 17.0 Å². The molecule has 0 saturated carbocycles. The molecule has 4 nitrogen and oxygen atoms in total. The standard InChI is InChI=1S/C22H20FN3OS/c1-3-16-18-6-4-5-17(19(18)8-9-20(16)23)14-12-26(13-14)22(28)25-15-7-10-21(27-2)24-11-15/h3-11,14H,1,12-13H2,2H3,(H,25,28). The first-order valence-corrected chi connectivity index (χ1v) is 9.41. The smallest absolute Gasteiger partial charge is 0.213 e. The molecule has 0 aliphatic carbocycles. The molecule has 0 spiro atoms. The molecule has 0 amide bonds. The fourth-order valence-electron chi connectivity index (χ4n) is 3.56. The number of aromatic nitrogens is 1. The topological polar surface area (TPSA) is 37.4 Å². The molecule has 1 saturated heterocycles. The fraction of sp³-hybridized carbons (Fsp3) is 0.182. The second-order valence-electron chi connectivity index (χ2n) is 6.73. The molecule has 28 heavy (non-hydrogen) atoms. The Balaban J connectivity index is 1.47. The zero-order valence-corrected chi connectivity index (χ0v) is 16.3. The number of nitrogens with zero attached hydrogens (tertiary/aromatic N) is 2. The SMILES string of the molecule is C=Cc1c(F)ccc2c(C3CN(C(=S)Nc4ccc(OC)nc4)C3)cccc12. The minimum Gasteiger partial charge on any atom is -0.481 e. The van der Waals surface area contributed by atoms with E-state index in [1.54, 1.807) is 25.4 Å². The lowest BCUT2D eigenvalue weighted by atomic mass is 9.87. The van der Waals surface area contributed by atoms with Crippen LogP contribution in [0.4, 0.5) is 10.1 Å². The molecule has 1 fully saturated rings. The van der Waals surface area contributed by atoms with Crippen molar-refractivity contribution in [2.75, 3.05) is 25.5 Å². The molecular weight excluding hydrogens is 373 g/mol. The second-order valence-corrected chi connectivity index (χ2v) is 7.12. The van der Waals surface area contributed by atoms with Crippen molar-refractivity contribution in [1.82, 2.24) is 9.88 Å². The van der Waals surface area contributed by atoms with Gasteiger partial charge in [0.25, 0.3) is 0 Å². The summed E-state index contributed by atoms with van der Waals surface area (Å²) in [6.07, 6.45) is 3.27. The van der Waals surface area contributed by atoms with Crippen LogP contribution in [0.3, 0.4) is 0 Å². The van der Waals surface area contributed by atoms with E-state index < -0.39 is 0 Å². The van der Waals surface area contributed by atoms with Crippen LogP contribution < -0.4 is 10.1 Å². The normalized spacial score (nSPS) is 13.9. The van der Waals surface area contributed by atoms with Gasteiger partial charge in [0, 0.05) is 30.6 Å². The fourth-order valence-corrected chi connectivity index (χ4v) is 3.83. The minimum atomic E-state index is -0.242. The molecule has 142 valence electrons. The average Bonchev–Trinajstić information content (AvgIpc) is 2.67. The van der Waals surface area contributed by atoms with E-state index in [4.69, 9.17) is 17.0 Å². The summed E-state index contributed by atoms with van der Waals surface area (Å²) >= 11 is 5.52. The van der Waals surface area contributed by atoms with Crippen molar-refractivity contribution in [2.24, 2.45) is 0 Å². The number of fused-ring (bicyclic) bond motifs is 1. The van der Waals surface area contributed by atoms with Crippen LogP contribution in [-0.4, -0.2) is 35.2 Å². The van der Waals surface area contributed by atoms with E-state index in [9.17, 15) is 4.39 Å². The quantitative estimate of drug-likeness (QED) is 0.643. The molecule has 1 aliphatic heterocycles. The zero-order valence-electron chi connectivity index (χ0n) is 15.5. The van der Waals surface area contributed by atoms with E-state index in [1.165, 1.54) is 11.6 Å². The Morgan fingerprint density at radius 3 is 2.75 bits per heavy atom. The van der Waals surface area contributed by atoms with Gasteiger partial charge in [0.2, 0.25) is 5.88 Å². The summed E-state index contributed by atoms with van der Waals surface area (Å²) in [5.41, 5.74) is 2.59. The number of benzene rings is 2. The average molecular weight is 393 g/mol. The monoisotopic (exact) mass is 393 g/mol. The van der Waals surface area contributed by atoms with Crippen LogP contribution in [0.25, 0.3) is 16.8 Å². The first kappa shape index (κ1) is 18.4. The molecule has 1 aliphatic rings. The van der Waals surface area contributed by atoms with Crippen molar-refractivity contribution in [2.45, 2.75) is 5.92 Å². The van der Waals surface area contributed by atoms with Gasteiger partial charge < -0.3 is 15.0 Å². The number of ether oxygens (including phenoxy) is 1. The van der Waals surface area contributed by atoms with Crippen LogP contribution >= 0.6 is 12.2 Å². The van der Waals surface area contributed by atoms with Gasteiger partial charge in [-0.25, -0.2) is 9.37 Å². The Labute approximate surface area is 168 Å². The second kappa shape index (κ2) is 7.56. The molecule has 0 unspecified atom stereocenters. The van der Waals surface area contributed by atoms with Crippen molar-refractivity contribution in [3.8, 4) is 5.88 Å². The van der Waals surface area contributed by atoms with Gasteiger partial charge in [0.15, 0.2) is 5.11 Å². The molecule has 2 heterocycles. The summed E-state index contributed by atoms with van der Waals surface area (Å²) in [5.74, 6) is 0.667. The summed E-state index contributed by atoms with van der Waals surface area (Å²) in [4.78, 5) is 6.28. The Bertz CT molecular complexity index is 1050. The van der Waals surface area contributed by atoms with Crippen LogP contribution in [-0.2, 0) is 0 Å². The van der Waals surface area contributed by atoms with E-state index >= 15 is 0 Å². The van der Waals surface area contributed by atoms with Crippen molar-refractivity contribution in [1.29, 1.82) is 0 Å². The number of rotatable bonds is 4. The maximum absolute atomic E-state index is 14.1. The van der Waals surface area contributed by atoms with Crippen molar-refractivity contribution in [3.05, 3.63) is 72.2 Å². The number of pyridine rings is 1. The van der Waals surface area contributed by atoms with Gasteiger partial charge >= 0.3 is 0 Å². The van der Waals surface area contributed by atoms with Gasteiger partial charge in [0.05, 0.1) is 19.0 Å². The van der Waals surface area contributed by atoms with Crippen molar-refractivity contribution >= 4 is 39.9 Å². The van der Waals surface area contributed by atoms with Crippen LogP contribution in [0.5, 0.6) is 5.88 Å². The third-order valence-corrected chi connectivity index (χ3v) is 5.45. The Kier molecular flexibility index (Phi) is 4.96. The number of methoxy groups -OCH3 is 1. The Morgan fingerprint density at radius 1 is 1.25 bits per heavy atom. The maximum Gasteiger partial charge on any atom is 0.213 e. The van der Waals surface area contributed by atoms with Crippen molar-refractivity contribution < 1.29 is 9.13 Å². The third kappa shape index (κ3) is 3.31. The van der Waals surface area contributed by atoms with Gasteiger partial charge in [-0.2, -0.15) is 0 Å². The molecule has 0 radical (unpaired) electrons. The van der Waals surface area contributed by atoms with Gasteiger partial charge in [-0.1, -0.05) is 36.9 Å². The van der Waals surface area contributed by atoms with Crippen molar-refractivity contribution in [3.63, 3.8) is 0 Å². The van der Waals surface area contributed by atoms with Crippen LogP contribution in [0.2, 0.25) is 0 Å². The predicted octanol–water partition coefficient (Wildman–Crippen LogP) is 4.82. The van der Waals surface area contributed by atoms with Crippen LogP contribution in [0.15, 0.2) is 55.2 Å². The number of hydrogen-bond acceptors (Lipinski definition) is 3. The summed E-state index contributed by atoms with van der Waals surface area (Å²) in [5, 5.41) is 5.84. The van der Waals surface area contributed by atoms with E-state index in [1.807, 2.05) is 24.3 Å². The highest BCUT2D eigenvalue weighted by atomic mass is 32.1. The highest BCUT2D eigenvalue weighted by Gasteiger charge is 2.31. The molecular formula is C22H20FN3OS. The largest absolute Gasteiger partial charge is 0.481 e. The van der Waals surface area contributed by atoms with Crippen LogP contribution in [0, 0.1) is 5.82 Å². The molecule has 3 aromatic rings. The summed E-state index contributed by atoms with van der Waals surface area (Å²) in [7, 11) is 1.58. The first-order valence-electron chi connectivity index (χ1n) is 9.00. The highest BCUT2D eigenvalue weighted by molar-refractivity contribution is 7.80. The lowest BCUT2D eigenvalue weighted by Crippen LogP contribution is -2.50. The molecule has 0 atom stereocenters. The van der Waals surface area contributed by atoms with Gasteiger partial charge in [-0.05, 0) is 40.7 Å². The minimum absolute atomic E-state index is 0.242. The molecule has 6 heteroatoms. The van der Waals surface area contributed by atoms with Gasteiger partial charge in [-0.15, -0.1) is 0 Å². The molecule has 1 aromatic heterocycles. The Hall–Kier alpha value is -2.99. The lowest BCUT2D eigenvalue weighted by molar-refractivity contribution is 0.258. The molecule has 2 aromatic carbocycles. The van der Waals surface area contributed by atoms with E-state index in [2.05, 4.69) is 27.8 Å². The summed E-state index contributed by atoms with van der Waals surface area (Å²) < 4.78 is 19.1. The number of nitrogens with one attached hydrogen (secondary N) is 1. The maximum atomic E-state index is 14.1. The zero-order chi connectivity index (χ0) is 19.7. The summed E-state index contributed by atoms with van der Waals surface area (Å²) in [6, 6.07) is 13.1. The van der Waals surface area contributed by atoms with E-state index in [0.29, 0.717) is 22.5 Å². The number of likely N-dealkylation sites (tertiary alicyclic amines) is 1. The number of hydrogen-bond donors (Lipinski definition) is 1. The first-order chi connectivity index (χ1) is 13.6. The molecule has 4 rings (SSSR count). The number of anilines is 1. The lowest BCUT2D eigenvalue weighted by Gasteiger charge is -2.41. The Morgan fingerprint density at radius 2 is 2.07 bits per heavy atom. The number of thiocarbonyl (C=S) groups is 1. The van der Waals surface area contributed by atoms with Gasteiger partial charge in [0.1, 0.15) is 5.82 Å². The highest BCUT2D eigenvalue weighted by Crippen LogP contribution is 2.34. The summed E-state index contributed by atoms with van der Waals surface area (Å²) in [6.45, 7) is 5.38. The molecule has 1 N–H and O–H groups in total. The predicted molar refractivity (Wildman–Crippen MR) is 115 cm³/mol. The van der Waals surface area contributed by atoms with Gasteiger partial charge in [-0.3, -0.25) is 0 Å². The van der Waals surface area contributed by atoms with E-state index in [-0.39, 0.29) is 5.82 Å². The van der Waals surface area contributed by atoms with E-state index in [0.717, 1.165) is 29.5 Å². The molecule has 0 bridgehead atoms. The third-order valence-electron chi connectivity index (χ3n) is 5.09.